The zero-order valence-corrected chi connectivity index (χ0v) is 14.5. The predicted molar refractivity (Wildman–Crippen MR) is 97.1 cm³/mol. The third kappa shape index (κ3) is 3.62. The number of fused-ring (bicyclic) bond motifs is 1. The van der Waals surface area contributed by atoms with Crippen LogP contribution in [0.4, 0.5) is 0 Å². The lowest BCUT2D eigenvalue weighted by molar-refractivity contribution is -0.137. The van der Waals surface area contributed by atoms with Crippen LogP contribution in [0.25, 0.3) is 16.7 Å². The van der Waals surface area contributed by atoms with Crippen LogP contribution in [0.15, 0.2) is 43.0 Å². The average molecular weight is 348 g/mol. The molecule has 2 aromatic heterocycles. The highest BCUT2D eigenvalue weighted by Crippen LogP contribution is 2.28. The third-order valence-corrected chi connectivity index (χ3v) is 4.21. The number of hydrogen-bond acceptors (Lipinski definition) is 2. The minimum atomic E-state index is -0.716. The van der Waals surface area contributed by atoms with E-state index < -0.39 is 5.97 Å². The molecule has 6 heteroatoms. The van der Waals surface area contributed by atoms with Gasteiger partial charge < -0.3 is 9.67 Å². The minimum Gasteiger partial charge on any atom is -0.481 e. The van der Waals surface area contributed by atoms with Gasteiger partial charge in [-0.15, -0.1) is 12.4 Å². The third-order valence-electron chi connectivity index (χ3n) is 4.21. The Bertz CT molecular complexity index is 809. The number of carbonyl (C=O) groups is 1. The highest BCUT2D eigenvalue weighted by Gasteiger charge is 2.14. The number of nitrogens with zero attached hydrogens (tertiary/aromatic N) is 3. The van der Waals surface area contributed by atoms with Gasteiger partial charge in [-0.1, -0.05) is 24.6 Å². The van der Waals surface area contributed by atoms with Crippen molar-refractivity contribution < 1.29 is 9.90 Å². The molecule has 0 saturated carbocycles. The Hall–Kier alpha value is -2.27. The monoisotopic (exact) mass is 347 g/mol. The van der Waals surface area contributed by atoms with Gasteiger partial charge >= 0.3 is 5.97 Å². The maximum atomic E-state index is 10.6. The van der Waals surface area contributed by atoms with E-state index in [1.165, 1.54) is 16.5 Å². The second-order valence-electron chi connectivity index (χ2n) is 5.79. The number of para-hydroxylation sites is 1. The van der Waals surface area contributed by atoms with Crippen LogP contribution in [0.5, 0.6) is 0 Å². The molecule has 0 saturated heterocycles. The zero-order valence-electron chi connectivity index (χ0n) is 13.7. The highest BCUT2D eigenvalue weighted by atomic mass is 35.5. The maximum Gasteiger partial charge on any atom is 0.303 e. The molecule has 24 heavy (non-hydrogen) atoms. The van der Waals surface area contributed by atoms with Crippen LogP contribution in [0, 0.1) is 6.92 Å². The molecule has 3 aromatic rings. The number of unbranched alkanes of at least 4 members (excludes halogenated alkanes) is 2. The highest BCUT2D eigenvalue weighted by molar-refractivity contribution is 5.87. The van der Waals surface area contributed by atoms with Crippen LogP contribution < -0.4 is 0 Å². The van der Waals surface area contributed by atoms with Crippen molar-refractivity contribution in [2.75, 3.05) is 0 Å². The van der Waals surface area contributed by atoms with Crippen LogP contribution in [-0.4, -0.2) is 25.2 Å². The van der Waals surface area contributed by atoms with Gasteiger partial charge in [0.05, 0.1) is 0 Å². The lowest BCUT2D eigenvalue weighted by Crippen LogP contribution is -2.06. The molecule has 0 amide bonds. The molecule has 1 N–H and O–H groups in total. The largest absolute Gasteiger partial charge is 0.481 e. The summed E-state index contributed by atoms with van der Waals surface area (Å²) in [7, 11) is 0. The number of hydrogen-bond donors (Lipinski definition) is 1. The van der Waals surface area contributed by atoms with Crippen LogP contribution >= 0.6 is 12.4 Å². The van der Waals surface area contributed by atoms with Crippen molar-refractivity contribution in [2.24, 2.45) is 0 Å². The summed E-state index contributed by atoms with van der Waals surface area (Å²) in [6.07, 6.45) is 8.43. The SMILES string of the molecule is Cc1c(-n2ccnc2)n(CCCCCC(=O)O)c2ccccc12.Cl. The van der Waals surface area contributed by atoms with Gasteiger partial charge in [-0.2, -0.15) is 0 Å². The van der Waals surface area contributed by atoms with Gasteiger partial charge in [0, 0.05) is 36.3 Å². The first-order valence-corrected chi connectivity index (χ1v) is 7.96. The molecule has 0 bridgehead atoms. The Labute approximate surface area is 147 Å². The Kier molecular flexibility index (Phi) is 6.04. The molecule has 3 rings (SSSR count). The molecule has 0 aliphatic rings. The number of halogens is 1. The second kappa shape index (κ2) is 8.02. The fourth-order valence-corrected chi connectivity index (χ4v) is 3.13. The van der Waals surface area contributed by atoms with Crippen LogP contribution in [-0.2, 0) is 11.3 Å². The molecule has 0 atom stereocenters. The van der Waals surface area contributed by atoms with E-state index in [1.807, 2.05) is 17.1 Å². The summed E-state index contributed by atoms with van der Waals surface area (Å²) in [4.78, 5) is 14.8. The lowest BCUT2D eigenvalue weighted by Gasteiger charge is -2.12. The number of carboxylic acids is 1. The van der Waals surface area contributed by atoms with E-state index in [0.717, 1.165) is 31.6 Å². The van der Waals surface area contributed by atoms with Gasteiger partial charge in [0.15, 0.2) is 0 Å². The number of aliphatic carboxylic acids is 1. The molecule has 2 heterocycles. The summed E-state index contributed by atoms with van der Waals surface area (Å²) in [6.45, 7) is 3.01. The van der Waals surface area contributed by atoms with E-state index in [1.54, 1.807) is 6.20 Å². The molecule has 0 spiro atoms. The van der Waals surface area contributed by atoms with Crippen molar-refractivity contribution in [3.05, 3.63) is 48.5 Å². The smallest absolute Gasteiger partial charge is 0.303 e. The van der Waals surface area contributed by atoms with Crippen molar-refractivity contribution in [3.63, 3.8) is 0 Å². The topological polar surface area (TPSA) is 60.0 Å². The summed E-state index contributed by atoms with van der Waals surface area (Å²) < 4.78 is 4.36. The second-order valence-corrected chi connectivity index (χ2v) is 5.79. The molecule has 0 unspecified atom stereocenters. The van der Waals surface area contributed by atoms with Gasteiger partial charge in [0.2, 0.25) is 0 Å². The van der Waals surface area contributed by atoms with Crippen molar-refractivity contribution in [1.82, 2.24) is 14.1 Å². The van der Waals surface area contributed by atoms with Gasteiger partial charge in [0.25, 0.3) is 0 Å². The van der Waals surface area contributed by atoms with E-state index in [0.29, 0.717) is 0 Å². The summed E-state index contributed by atoms with van der Waals surface area (Å²) in [6, 6.07) is 8.40. The van der Waals surface area contributed by atoms with Gasteiger partial charge in [-0.25, -0.2) is 4.98 Å². The summed E-state index contributed by atoms with van der Waals surface area (Å²) >= 11 is 0. The fourth-order valence-electron chi connectivity index (χ4n) is 3.13. The Balaban J connectivity index is 0.00000208. The number of aryl methyl sites for hydroxylation is 2. The first kappa shape index (κ1) is 18.1. The standard InChI is InChI=1S/C18H21N3O2.ClH/c1-14-15-7-4-5-8-16(15)21(11-6-2-3-9-17(22)23)18(14)20-12-10-19-13-20;/h4-5,7-8,10,12-13H,2-3,6,9,11H2,1H3,(H,22,23);1H. The molecule has 0 aliphatic heterocycles. The Morgan fingerprint density at radius 3 is 2.71 bits per heavy atom. The molecule has 0 fully saturated rings. The normalized spacial score (nSPS) is 10.7. The molecule has 1 aromatic carbocycles. The summed E-state index contributed by atoms with van der Waals surface area (Å²) in [5.41, 5.74) is 2.45. The minimum absolute atomic E-state index is 0. The van der Waals surface area contributed by atoms with E-state index in [4.69, 9.17) is 5.11 Å². The van der Waals surface area contributed by atoms with Crippen molar-refractivity contribution in [1.29, 1.82) is 0 Å². The van der Waals surface area contributed by atoms with Gasteiger partial charge in [-0.05, 0) is 31.4 Å². The molecular weight excluding hydrogens is 326 g/mol. The van der Waals surface area contributed by atoms with E-state index in [-0.39, 0.29) is 18.8 Å². The number of rotatable bonds is 7. The first-order chi connectivity index (χ1) is 11.2. The van der Waals surface area contributed by atoms with Crippen molar-refractivity contribution in [3.8, 4) is 5.82 Å². The van der Waals surface area contributed by atoms with Crippen molar-refractivity contribution >= 4 is 29.3 Å². The number of imidazole rings is 1. The maximum absolute atomic E-state index is 10.6. The Morgan fingerprint density at radius 1 is 1.21 bits per heavy atom. The first-order valence-electron chi connectivity index (χ1n) is 7.96. The predicted octanol–water partition coefficient (Wildman–Crippen LogP) is 4.20. The van der Waals surface area contributed by atoms with Gasteiger partial charge in [-0.3, -0.25) is 9.36 Å². The van der Waals surface area contributed by atoms with Crippen molar-refractivity contribution in [2.45, 2.75) is 39.2 Å². The lowest BCUT2D eigenvalue weighted by atomic mass is 10.2. The van der Waals surface area contributed by atoms with Crippen LogP contribution in [0.3, 0.4) is 0 Å². The summed E-state index contributed by atoms with van der Waals surface area (Å²) in [5, 5.41) is 9.98. The number of benzene rings is 1. The molecule has 128 valence electrons. The molecule has 0 aliphatic carbocycles. The van der Waals surface area contributed by atoms with E-state index in [9.17, 15) is 4.79 Å². The zero-order chi connectivity index (χ0) is 16.2. The number of carboxylic acid groups (broad SMARTS) is 1. The molecule has 0 radical (unpaired) electrons. The molecular formula is C18H22ClN3O2. The van der Waals surface area contributed by atoms with Crippen LogP contribution in [0.1, 0.15) is 31.2 Å². The van der Waals surface area contributed by atoms with Gasteiger partial charge in [0.1, 0.15) is 12.1 Å². The quantitative estimate of drug-likeness (QED) is 0.651. The average Bonchev–Trinajstić information content (AvgIpc) is 3.14. The fraction of sp³-hybridized carbons (Fsp3) is 0.333. The van der Waals surface area contributed by atoms with E-state index >= 15 is 0 Å². The number of aromatic nitrogens is 3. The van der Waals surface area contributed by atoms with Crippen LogP contribution in [0.2, 0.25) is 0 Å². The Morgan fingerprint density at radius 2 is 2.00 bits per heavy atom. The summed E-state index contributed by atoms with van der Waals surface area (Å²) in [5.74, 6) is 0.424. The molecule has 5 nitrogen and oxygen atoms in total. The van der Waals surface area contributed by atoms with E-state index in [2.05, 4.69) is 40.7 Å².